The van der Waals surface area contributed by atoms with Crippen molar-refractivity contribution in [3.05, 3.63) is 11.9 Å². The van der Waals surface area contributed by atoms with Crippen LogP contribution in [0.3, 0.4) is 0 Å². The van der Waals surface area contributed by atoms with Gasteiger partial charge in [0.05, 0.1) is 11.2 Å². The molecule has 0 saturated carbocycles. The van der Waals surface area contributed by atoms with Gasteiger partial charge in [-0.05, 0) is 33.6 Å². The van der Waals surface area contributed by atoms with Gasteiger partial charge in [-0.2, -0.15) is 5.10 Å². The number of hydrogen-bond donors (Lipinski definition) is 1. The van der Waals surface area contributed by atoms with Crippen LogP contribution in [0, 0.1) is 0 Å². The maximum absolute atomic E-state index is 6.02. The van der Waals surface area contributed by atoms with Crippen LogP contribution in [-0.4, -0.2) is 28.5 Å². The average Bonchev–Trinajstić information content (AvgIpc) is 2.69. The lowest BCUT2D eigenvalue weighted by Crippen LogP contribution is -2.41. The Morgan fingerprint density at radius 1 is 1.17 bits per heavy atom. The van der Waals surface area contributed by atoms with E-state index >= 15 is 0 Å². The number of nitrogens with one attached hydrogen (secondary N) is 1. The predicted octanol–water partition coefficient (Wildman–Crippen LogP) is 2.25. The molecule has 0 aliphatic carbocycles. The van der Waals surface area contributed by atoms with Crippen molar-refractivity contribution < 1.29 is 9.31 Å². The normalized spacial score (nSPS) is 21.2. The molecule has 0 amide bonds. The highest BCUT2D eigenvalue weighted by Crippen LogP contribution is 2.36. The number of aromatic nitrogens is 2. The lowest BCUT2D eigenvalue weighted by molar-refractivity contribution is 0.00578. The fourth-order valence-electron chi connectivity index (χ4n) is 1.93. The van der Waals surface area contributed by atoms with E-state index in [1.165, 1.54) is 0 Å². The molecule has 0 spiro atoms. The van der Waals surface area contributed by atoms with Gasteiger partial charge in [0.15, 0.2) is 0 Å². The molecule has 0 radical (unpaired) electrons. The second-order valence-electron chi connectivity index (χ2n) is 5.98. The zero-order valence-electron chi connectivity index (χ0n) is 11.9. The van der Waals surface area contributed by atoms with Crippen molar-refractivity contribution in [3.8, 4) is 0 Å². The average molecular weight is 273 g/mol. The lowest BCUT2D eigenvalue weighted by atomic mass is 9.77. The maximum Gasteiger partial charge on any atom is 0.498 e. The first-order valence-corrected chi connectivity index (χ1v) is 6.13. The molecule has 102 valence electrons. The van der Waals surface area contributed by atoms with Crippen LogP contribution in [0.2, 0.25) is 0 Å². The lowest BCUT2D eigenvalue weighted by Gasteiger charge is -2.32. The smallest absolute Gasteiger partial charge is 0.399 e. The van der Waals surface area contributed by atoms with E-state index in [2.05, 4.69) is 51.7 Å². The summed E-state index contributed by atoms with van der Waals surface area (Å²) in [5, 5.41) is 7.13. The van der Waals surface area contributed by atoms with Crippen molar-refractivity contribution >= 4 is 25.0 Å². The summed E-state index contributed by atoms with van der Waals surface area (Å²) in [4.78, 5) is 0. The third-order valence-electron chi connectivity index (χ3n) is 3.78. The fraction of sp³-hybridized carbons (Fsp3) is 0.750. The molecule has 1 aliphatic rings. The van der Waals surface area contributed by atoms with Gasteiger partial charge in [0, 0.05) is 17.4 Å². The monoisotopic (exact) mass is 272 g/mol. The minimum absolute atomic E-state index is 0. The van der Waals surface area contributed by atoms with E-state index in [1.54, 1.807) is 6.20 Å². The Bertz CT molecular complexity index is 402. The van der Waals surface area contributed by atoms with Crippen LogP contribution >= 0.6 is 12.4 Å². The van der Waals surface area contributed by atoms with Crippen LogP contribution < -0.4 is 5.46 Å². The zero-order chi connectivity index (χ0) is 12.8. The Hall–Kier alpha value is -0.515. The fourth-order valence-corrected chi connectivity index (χ4v) is 1.93. The number of hydrogen-bond acceptors (Lipinski definition) is 3. The van der Waals surface area contributed by atoms with Crippen molar-refractivity contribution in [3.63, 3.8) is 0 Å². The molecule has 18 heavy (non-hydrogen) atoms. The summed E-state index contributed by atoms with van der Waals surface area (Å²) in [6.45, 7) is 12.5. The number of H-pyrrole nitrogens is 1. The molecule has 2 heterocycles. The van der Waals surface area contributed by atoms with Gasteiger partial charge < -0.3 is 9.31 Å². The van der Waals surface area contributed by atoms with E-state index in [0.29, 0.717) is 5.92 Å². The summed E-state index contributed by atoms with van der Waals surface area (Å²) in [7, 11) is -0.323. The summed E-state index contributed by atoms with van der Waals surface area (Å²) in [6.07, 6.45) is 1.80. The number of aromatic amines is 1. The van der Waals surface area contributed by atoms with Crippen molar-refractivity contribution in [2.45, 2.75) is 58.7 Å². The molecule has 1 fully saturated rings. The van der Waals surface area contributed by atoms with Gasteiger partial charge in [0.2, 0.25) is 0 Å². The minimum Gasteiger partial charge on any atom is -0.399 e. The van der Waals surface area contributed by atoms with E-state index in [9.17, 15) is 0 Å². The zero-order valence-corrected chi connectivity index (χ0v) is 12.7. The van der Waals surface area contributed by atoms with Gasteiger partial charge in [0.1, 0.15) is 0 Å². The SMILES string of the molecule is CC(C)c1[nH]ncc1B1OC(C)(C)C(C)(C)O1.Cl. The molecule has 2 rings (SSSR count). The second-order valence-corrected chi connectivity index (χ2v) is 5.98. The summed E-state index contributed by atoms with van der Waals surface area (Å²) in [5.74, 6) is 0.381. The molecular weight excluding hydrogens is 250 g/mol. The van der Waals surface area contributed by atoms with Crippen LogP contribution in [0.25, 0.3) is 0 Å². The van der Waals surface area contributed by atoms with Gasteiger partial charge in [-0.25, -0.2) is 0 Å². The Kier molecular flexibility index (Phi) is 4.21. The van der Waals surface area contributed by atoms with Crippen LogP contribution in [0.15, 0.2) is 6.20 Å². The van der Waals surface area contributed by atoms with Gasteiger partial charge in [-0.1, -0.05) is 13.8 Å². The number of halogens is 1. The van der Waals surface area contributed by atoms with E-state index in [-0.39, 0.29) is 30.7 Å². The Balaban J connectivity index is 0.00000162. The summed E-state index contributed by atoms with van der Waals surface area (Å²) >= 11 is 0. The highest BCUT2D eigenvalue weighted by molar-refractivity contribution is 6.62. The molecule has 0 aromatic carbocycles. The van der Waals surface area contributed by atoms with Crippen molar-refractivity contribution in [1.29, 1.82) is 0 Å². The van der Waals surface area contributed by atoms with Crippen molar-refractivity contribution in [2.24, 2.45) is 0 Å². The molecule has 0 bridgehead atoms. The summed E-state index contributed by atoms with van der Waals surface area (Å²) in [5.41, 5.74) is 1.49. The molecule has 1 aromatic heterocycles. The van der Waals surface area contributed by atoms with Crippen molar-refractivity contribution in [1.82, 2.24) is 10.2 Å². The molecule has 0 unspecified atom stereocenters. The first-order chi connectivity index (χ1) is 7.74. The number of nitrogens with zero attached hydrogens (tertiary/aromatic N) is 1. The van der Waals surface area contributed by atoms with Crippen molar-refractivity contribution in [2.75, 3.05) is 0 Å². The Labute approximate surface area is 115 Å². The molecule has 4 nitrogen and oxygen atoms in total. The first-order valence-electron chi connectivity index (χ1n) is 6.13. The second kappa shape index (κ2) is 4.87. The first kappa shape index (κ1) is 15.5. The Morgan fingerprint density at radius 2 is 1.67 bits per heavy atom. The third kappa shape index (κ3) is 2.44. The summed E-state index contributed by atoms with van der Waals surface area (Å²) in [6, 6.07) is 0. The van der Waals surface area contributed by atoms with Crippen LogP contribution in [0.1, 0.15) is 53.2 Å². The van der Waals surface area contributed by atoms with Crippen LogP contribution in [-0.2, 0) is 9.31 Å². The van der Waals surface area contributed by atoms with E-state index in [4.69, 9.17) is 9.31 Å². The standard InChI is InChI=1S/C12H21BN2O2.ClH/c1-8(2)10-9(7-14-15-10)13-16-11(3,4)12(5,6)17-13;/h7-8H,1-6H3,(H,14,15);1H. The number of rotatable bonds is 2. The topological polar surface area (TPSA) is 47.1 Å². The highest BCUT2D eigenvalue weighted by atomic mass is 35.5. The highest BCUT2D eigenvalue weighted by Gasteiger charge is 2.52. The molecule has 1 aliphatic heterocycles. The third-order valence-corrected chi connectivity index (χ3v) is 3.78. The van der Waals surface area contributed by atoms with Gasteiger partial charge >= 0.3 is 7.12 Å². The summed E-state index contributed by atoms with van der Waals surface area (Å²) < 4.78 is 12.0. The predicted molar refractivity (Wildman–Crippen MR) is 75.6 cm³/mol. The van der Waals surface area contributed by atoms with Crippen LogP contribution in [0.5, 0.6) is 0 Å². The van der Waals surface area contributed by atoms with Crippen LogP contribution in [0.4, 0.5) is 0 Å². The van der Waals surface area contributed by atoms with Gasteiger partial charge in [-0.3, -0.25) is 5.10 Å². The van der Waals surface area contributed by atoms with E-state index in [0.717, 1.165) is 11.2 Å². The quantitative estimate of drug-likeness (QED) is 0.840. The Morgan fingerprint density at radius 3 is 2.11 bits per heavy atom. The van der Waals surface area contributed by atoms with Gasteiger partial charge in [0.25, 0.3) is 0 Å². The minimum atomic E-state index is -0.323. The molecule has 1 aromatic rings. The van der Waals surface area contributed by atoms with E-state index in [1.807, 2.05) is 0 Å². The molecule has 1 N–H and O–H groups in total. The van der Waals surface area contributed by atoms with E-state index < -0.39 is 0 Å². The molecule has 0 atom stereocenters. The molecule has 1 saturated heterocycles. The maximum atomic E-state index is 6.02. The molecular formula is C12H22BClN2O2. The van der Waals surface area contributed by atoms with Gasteiger partial charge in [-0.15, -0.1) is 12.4 Å². The largest absolute Gasteiger partial charge is 0.498 e. The molecule has 6 heteroatoms.